The first-order chi connectivity index (χ1) is 9.34. The third kappa shape index (κ3) is 1.38. The molecule has 0 radical (unpaired) electrons. The zero-order valence-corrected chi connectivity index (χ0v) is 10.0. The molecular weight excluding hydrogens is 240 g/mol. The van der Waals surface area contributed by atoms with Gasteiger partial charge in [0, 0.05) is 23.3 Å². The third-order valence-electron chi connectivity index (χ3n) is 3.39. The third-order valence-corrected chi connectivity index (χ3v) is 3.39. The fourth-order valence-electron chi connectivity index (χ4n) is 2.47. The molecule has 2 aromatic heterocycles. The minimum atomic E-state index is 0.00622. The van der Waals surface area contributed by atoms with Crippen LogP contribution in [-0.2, 0) is 6.54 Å². The summed E-state index contributed by atoms with van der Waals surface area (Å²) in [6, 6.07) is 9.58. The highest BCUT2D eigenvalue weighted by Gasteiger charge is 2.28. The Balaban J connectivity index is 1.85. The van der Waals surface area contributed by atoms with Crippen LogP contribution in [0.25, 0.3) is 11.0 Å². The Hall–Kier alpha value is -2.69. The van der Waals surface area contributed by atoms with E-state index in [1.165, 1.54) is 6.33 Å². The van der Waals surface area contributed by atoms with E-state index in [2.05, 4.69) is 9.97 Å². The maximum absolute atomic E-state index is 12.4. The van der Waals surface area contributed by atoms with Gasteiger partial charge in [-0.3, -0.25) is 4.79 Å². The number of nitrogens with zero attached hydrogens (tertiary/aromatic N) is 4. The van der Waals surface area contributed by atoms with Gasteiger partial charge in [0.15, 0.2) is 5.65 Å². The molecule has 5 nitrogen and oxygen atoms in total. The lowest BCUT2D eigenvalue weighted by Crippen LogP contribution is -2.34. The van der Waals surface area contributed by atoms with Crippen LogP contribution in [-0.4, -0.2) is 20.6 Å². The van der Waals surface area contributed by atoms with Gasteiger partial charge in [-0.25, -0.2) is 19.7 Å². The van der Waals surface area contributed by atoms with Gasteiger partial charge in [0.05, 0.1) is 6.54 Å². The number of hydrogen-bond acceptors (Lipinski definition) is 3. The molecule has 0 bridgehead atoms. The Morgan fingerprint density at radius 3 is 2.95 bits per heavy atom. The first kappa shape index (κ1) is 10.3. The molecular formula is C14H10N4O. The first-order valence-corrected chi connectivity index (χ1v) is 6.02. The van der Waals surface area contributed by atoms with Crippen molar-refractivity contribution in [3.63, 3.8) is 0 Å². The SMILES string of the molecule is O=C1c2ccccc2CN1n1ccc2cncnc21. The summed E-state index contributed by atoms with van der Waals surface area (Å²) in [6.07, 6.45) is 5.09. The van der Waals surface area contributed by atoms with Gasteiger partial charge in [-0.2, -0.15) is 0 Å². The predicted molar refractivity (Wildman–Crippen MR) is 70.2 cm³/mol. The lowest BCUT2D eigenvalue weighted by atomic mass is 10.1. The van der Waals surface area contributed by atoms with E-state index in [1.807, 2.05) is 36.5 Å². The monoisotopic (exact) mass is 250 g/mol. The summed E-state index contributed by atoms with van der Waals surface area (Å²) in [4.78, 5) is 20.6. The number of hydrogen-bond donors (Lipinski definition) is 0. The molecule has 19 heavy (non-hydrogen) atoms. The van der Waals surface area contributed by atoms with Gasteiger partial charge in [0.2, 0.25) is 0 Å². The van der Waals surface area contributed by atoms with Crippen molar-refractivity contribution >= 4 is 16.9 Å². The molecule has 0 saturated heterocycles. The van der Waals surface area contributed by atoms with Gasteiger partial charge >= 0.3 is 0 Å². The topological polar surface area (TPSA) is 51.0 Å². The normalized spacial score (nSPS) is 14.1. The van der Waals surface area contributed by atoms with E-state index in [-0.39, 0.29) is 5.91 Å². The van der Waals surface area contributed by atoms with Crippen LogP contribution < -0.4 is 5.01 Å². The Labute approximate surface area is 109 Å². The van der Waals surface area contributed by atoms with Gasteiger partial charge in [0.1, 0.15) is 6.33 Å². The van der Waals surface area contributed by atoms with Crippen molar-refractivity contribution in [1.29, 1.82) is 0 Å². The molecule has 0 saturated carbocycles. The highest BCUT2D eigenvalue weighted by molar-refractivity contribution is 6.06. The van der Waals surface area contributed by atoms with Crippen LogP contribution >= 0.6 is 0 Å². The van der Waals surface area contributed by atoms with Crippen LogP contribution in [0, 0.1) is 0 Å². The predicted octanol–water partition coefficient (Wildman–Crippen LogP) is 1.72. The van der Waals surface area contributed by atoms with Gasteiger partial charge in [0.25, 0.3) is 5.91 Å². The Bertz CT molecular complexity index is 793. The molecule has 0 spiro atoms. The molecule has 0 N–H and O–H groups in total. The average molecular weight is 250 g/mol. The number of rotatable bonds is 1. The van der Waals surface area contributed by atoms with Crippen LogP contribution in [0.2, 0.25) is 0 Å². The van der Waals surface area contributed by atoms with Crippen molar-refractivity contribution in [2.24, 2.45) is 0 Å². The fourth-order valence-corrected chi connectivity index (χ4v) is 2.47. The van der Waals surface area contributed by atoms with Crippen LogP contribution in [0.4, 0.5) is 0 Å². The van der Waals surface area contributed by atoms with Gasteiger partial charge in [-0.15, -0.1) is 0 Å². The number of aromatic nitrogens is 3. The van der Waals surface area contributed by atoms with E-state index in [1.54, 1.807) is 15.9 Å². The second-order valence-corrected chi connectivity index (χ2v) is 4.48. The summed E-state index contributed by atoms with van der Waals surface area (Å²) in [6.45, 7) is 0.572. The minimum absolute atomic E-state index is 0.00622. The molecule has 92 valence electrons. The second kappa shape index (κ2) is 3.65. The molecule has 1 aliphatic heterocycles. The van der Waals surface area contributed by atoms with Gasteiger partial charge in [-0.1, -0.05) is 18.2 Å². The maximum atomic E-state index is 12.4. The first-order valence-electron chi connectivity index (χ1n) is 6.02. The van der Waals surface area contributed by atoms with E-state index in [0.717, 1.165) is 22.2 Å². The van der Waals surface area contributed by atoms with Gasteiger partial charge < -0.3 is 0 Å². The van der Waals surface area contributed by atoms with Crippen molar-refractivity contribution in [2.75, 3.05) is 5.01 Å². The number of carbonyl (C=O) groups excluding carboxylic acids is 1. The summed E-state index contributed by atoms with van der Waals surface area (Å²) in [5.74, 6) is 0.00622. The fraction of sp³-hybridized carbons (Fsp3) is 0.0714. The van der Waals surface area contributed by atoms with Crippen molar-refractivity contribution in [3.05, 3.63) is 60.2 Å². The van der Waals surface area contributed by atoms with Crippen molar-refractivity contribution < 1.29 is 4.79 Å². The summed E-state index contributed by atoms with van der Waals surface area (Å²) in [5.41, 5.74) is 2.55. The maximum Gasteiger partial charge on any atom is 0.273 e. The molecule has 5 heteroatoms. The van der Waals surface area contributed by atoms with Crippen LogP contribution in [0.3, 0.4) is 0 Å². The van der Waals surface area contributed by atoms with Gasteiger partial charge in [-0.05, 0) is 17.7 Å². The molecule has 1 aromatic carbocycles. The molecule has 3 heterocycles. The van der Waals surface area contributed by atoms with E-state index < -0.39 is 0 Å². The number of fused-ring (bicyclic) bond motifs is 2. The minimum Gasteiger partial charge on any atom is -0.267 e. The van der Waals surface area contributed by atoms with E-state index in [9.17, 15) is 4.79 Å². The van der Waals surface area contributed by atoms with E-state index in [4.69, 9.17) is 0 Å². The molecule has 0 unspecified atom stereocenters. The second-order valence-electron chi connectivity index (χ2n) is 4.48. The van der Waals surface area contributed by atoms with Crippen molar-refractivity contribution in [2.45, 2.75) is 6.54 Å². The summed E-state index contributed by atoms with van der Waals surface area (Å²) in [5, 5.41) is 2.62. The molecule has 0 aliphatic carbocycles. The molecule has 0 fully saturated rings. The summed E-state index contributed by atoms with van der Waals surface area (Å²) < 4.78 is 1.79. The van der Waals surface area contributed by atoms with E-state index in [0.29, 0.717) is 6.54 Å². The molecule has 1 amide bonds. The molecule has 0 atom stereocenters. The van der Waals surface area contributed by atoms with Crippen molar-refractivity contribution in [1.82, 2.24) is 14.6 Å². The highest BCUT2D eigenvalue weighted by Crippen LogP contribution is 2.23. The molecule has 3 aromatic rings. The van der Waals surface area contributed by atoms with E-state index >= 15 is 0 Å². The zero-order valence-electron chi connectivity index (χ0n) is 10.0. The number of carbonyl (C=O) groups is 1. The lowest BCUT2D eigenvalue weighted by Gasteiger charge is -2.17. The molecule has 4 rings (SSSR count). The smallest absolute Gasteiger partial charge is 0.267 e. The van der Waals surface area contributed by atoms with Crippen LogP contribution in [0.5, 0.6) is 0 Å². The highest BCUT2D eigenvalue weighted by atomic mass is 16.2. The lowest BCUT2D eigenvalue weighted by molar-refractivity contribution is 0.0971. The summed E-state index contributed by atoms with van der Waals surface area (Å²) in [7, 11) is 0. The van der Waals surface area contributed by atoms with Crippen molar-refractivity contribution in [3.8, 4) is 0 Å². The largest absolute Gasteiger partial charge is 0.273 e. The number of benzene rings is 1. The Morgan fingerprint density at radius 2 is 2.05 bits per heavy atom. The Kier molecular flexibility index (Phi) is 1.97. The molecule has 1 aliphatic rings. The van der Waals surface area contributed by atoms with Crippen LogP contribution in [0.15, 0.2) is 49.1 Å². The summed E-state index contributed by atoms with van der Waals surface area (Å²) >= 11 is 0. The number of amides is 1. The zero-order chi connectivity index (χ0) is 12.8. The van der Waals surface area contributed by atoms with Crippen LogP contribution in [0.1, 0.15) is 15.9 Å². The standard InChI is InChI=1S/C14H10N4O/c19-14-12-4-2-1-3-11(12)8-18(14)17-6-5-10-7-15-9-16-13(10)17/h1-7,9H,8H2. The Morgan fingerprint density at radius 1 is 1.16 bits per heavy atom. The average Bonchev–Trinajstić information content (AvgIpc) is 3.01. The quantitative estimate of drug-likeness (QED) is 0.660.